The van der Waals surface area contributed by atoms with Crippen LogP contribution in [0.5, 0.6) is 0 Å². The number of amides is 1. The van der Waals surface area contributed by atoms with Gasteiger partial charge in [-0.2, -0.15) is 0 Å². The third kappa shape index (κ3) is 3.17. The summed E-state index contributed by atoms with van der Waals surface area (Å²) in [6.45, 7) is 6.18. The summed E-state index contributed by atoms with van der Waals surface area (Å²) < 4.78 is 13.6. The average Bonchev–Trinajstić information content (AvgIpc) is 3.32. The van der Waals surface area contributed by atoms with Gasteiger partial charge in [0.1, 0.15) is 0 Å². The van der Waals surface area contributed by atoms with Crippen LogP contribution in [0.15, 0.2) is 36.4 Å². The van der Waals surface area contributed by atoms with E-state index >= 15 is 0 Å². The first-order chi connectivity index (χ1) is 12.6. The zero-order valence-corrected chi connectivity index (χ0v) is 15.5. The van der Waals surface area contributed by atoms with Crippen molar-refractivity contribution < 1.29 is 14.3 Å². The standard InChI is InChI=1S/C21H26N2O3/c1-15-6-7-16(2)23(15)18-10-8-17(9-11-18)20(24)22-12-4-3-5-19(22)21-25-13-14-26-21/h6-11,19,21H,3-5,12-14H2,1-2H3. The van der Waals surface area contributed by atoms with Crippen LogP contribution in [0, 0.1) is 13.8 Å². The zero-order valence-electron chi connectivity index (χ0n) is 15.5. The molecule has 1 aromatic carbocycles. The van der Waals surface area contributed by atoms with E-state index in [2.05, 4.69) is 30.5 Å². The Hall–Kier alpha value is -2.11. The number of hydrogen-bond donors (Lipinski definition) is 0. The van der Waals surface area contributed by atoms with E-state index in [1.807, 2.05) is 29.2 Å². The monoisotopic (exact) mass is 354 g/mol. The van der Waals surface area contributed by atoms with Crippen molar-refractivity contribution >= 4 is 5.91 Å². The van der Waals surface area contributed by atoms with Gasteiger partial charge < -0.3 is 18.9 Å². The van der Waals surface area contributed by atoms with E-state index in [4.69, 9.17) is 9.47 Å². The summed E-state index contributed by atoms with van der Waals surface area (Å²) in [5.74, 6) is 0.0706. The highest BCUT2D eigenvalue weighted by Gasteiger charge is 2.36. The molecule has 1 amide bonds. The number of likely N-dealkylation sites (tertiary alicyclic amines) is 1. The smallest absolute Gasteiger partial charge is 0.254 e. The molecule has 2 saturated heterocycles. The van der Waals surface area contributed by atoms with Crippen molar-refractivity contribution in [2.45, 2.75) is 45.4 Å². The van der Waals surface area contributed by atoms with Gasteiger partial charge in [-0.25, -0.2) is 0 Å². The highest BCUT2D eigenvalue weighted by molar-refractivity contribution is 5.94. The third-order valence-electron chi connectivity index (χ3n) is 5.42. The van der Waals surface area contributed by atoms with Crippen LogP contribution in [0.25, 0.3) is 5.69 Å². The van der Waals surface area contributed by atoms with Gasteiger partial charge in [0.15, 0.2) is 6.29 Å². The van der Waals surface area contributed by atoms with Crippen molar-refractivity contribution in [3.8, 4) is 5.69 Å². The number of hydrogen-bond acceptors (Lipinski definition) is 3. The molecule has 138 valence electrons. The van der Waals surface area contributed by atoms with Gasteiger partial charge in [-0.15, -0.1) is 0 Å². The molecule has 26 heavy (non-hydrogen) atoms. The van der Waals surface area contributed by atoms with Gasteiger partial charge in [0.25, 0.3) is 5.91 Å². The number of nitrogens with zero attached hydrogens (tertiary/aromatic N) is 2. The second-order valence-electron chi connectivity index (χ2n) is 7.17. The maximum absolute atomic E-state index is 13.1. The summed E-state index contributed by atoms with van der Waals surface area (Å²) in [4.78, 5) is 15.1. The maximum atomic E-state index is 13.1. The Labute approximate surface area is 154 Å². The summed E-state index contributed by atoms with van der Waals surface area (Å²) in [5, 5.41) is 0. The first-order valence-corrected chi connectivity index (χ1v) is 9.45. The molecule has 0 bridgehead atoms. The predicted molar refractivity (Wildman–Crippen MR) is 99.6 cm³/mol. The molecular weight excluding hydrogens is 328 g/mol. The fourth-order valence-corrected chi connectivity index (χ4v) is 4.09. The molecule has 3 heterocycles. The number of carbonyl (C=O) groups is 1. The second-order valence-corrected chi connectivity index (χ2v) is 7.17. The van der Waals surface area contributed by atoms with Crippen molar-refractivity contribution in [2.24, 2.45) is 0 Å². The van der Waals surface area contributed by atoms with E-state index in [1.54, 1.807) is 0 Å². The Morgan fingerprint density at radius 3 is 2.27 bits per heavy atom. The SMILES string of the molecule is Cc1ccc(C)n1-c1ccc(C(=O)N2CCCCC2C2OCCO2)cc1. The lowest BCUT2D eigenvalue weighted by Gasteiger charge is -2.38. The first kappa shape index (κ1) is 17.3. The van der Waals surface area contributed by atoms with Gasteiger partial charge in [-0.3, -0.25) is 4.79 Å². The molecule has 5 heteroatoms. The number of aryl methyl sites for hydroxylation is 2. The molecule has 2 aliphatic heterocycles. The summed E-state index contributed by atoms with van der Waals surface area (Å²) in [6.07, 6.45) is 2.82. The van der Waals surface area contributed by atoms with E-state index in [0.717, 1.165) is 37.1 Å². The number of aromatic nitrogens is 1. The van der Waals surface area contributed by atoms with Crippen LogP contribution >= 0.6 is 0 Å². The quantitative estimate of drug-likeness (QED) is 0.848. The van der Waals surface area contributed by atoms with Crippen LogP contribution in [0.2, 0.25) is 0 Å². The largest absolute Gasteiger partial charge is 0.348 e. The lowest BCUT2D eigenvalue weighted by Crippen LogP contribution is -2.50. The fraction of sp³-hybridized carbons (Fsp3) is 0.476. The van der Waals surface area contributed by atoms with Crippen molar-refractivity contribution in [1.29, 1.82) is 0 Å². The van der Waals surface area contributed by atoms with Crippen LogP contribution in [0.1, 0.15) is 41.0 Å². The number of benzene rings is 1. The summed E-state index contributed by atoms with van der Waals surface area (Å²) in [6, 6.07) is 12.1. The van der Waals surface area contributed by atoms with E-state index in [9.17, 15) is 4.79 Å². The molecule has 0 N–H and O–H groups in total. The molecule has 1 unspecified atom stereocenters. The zero-order chi connectivity index (χ0) is 18.1. The van der Waals surface area contributed by atoms with Crippen molar-refractivity contribution in [3.63, 3.8) is 0 Å². The minimum absolute atomic E-state index is 0.0207. The van der Waals surface area contributed by atoms with E-state index < -0.39 is 0 Å². The topological polar surface area (TPSA) is 43.7 Å². The molecule has 0 radical (unpaired) electrons. The second kappa shape index (κ2) is 7.25. The summed E-state index contributed by atoms with van der Waals surface area (Å²) in [7, 11) is 0. The van der Waals surface area contributed by atoms with E-state index in [0.29, 0.717) is 13.2 Å². The highest BCUT2D eigenvalue weighted by atomic mass is 16.7. The number of rotatable bonds is 3. The van der Waals surface area contributed by atoms with Crippen LogP contribution < -0.4 is 0 Å². The summed E-state index contributed by atoms with van der Waals surface area (Å²) in [5.41, 5.74) is 4.18. The number of carbonyl (C=O) groups excluding carboxylic acids is 1. The molecule has 4 rings (SSSR count). The van der Waals surface area contributed by atoms with Gasteiger partial charge >= 0.3 is 0 Å². The highest BCUT2D eigenvalue weighted by Crippen LogP contribution is 2.26. The molecule has 0 spiro atoms. The lowest BCUT2D eigenvalue weighted by atomic mass is 10.00. The molecule has 1 atom stereocenters. The van der Waals surface area contributed by atoms with E-state index in [-0.39, 0.29) is 18.2 Å². The fourth-order valence-electron chi connectivity index (χ4n) is 4.09. The van der Waals surface area contributed by atoms with Crippen LogP contribution in [-0.4, -0.2) is 47.5 Å². The Bertz CT molecular complexity index is 756. The molecule has 0 aliphatic carbocycles. The van der Waals surface area contributed by atoms with Gasteiger partial charge in [0.05, 0.1) is 19.3 Å². The van der Waals surface area contributed by atoms with Crippen LogP contribution in [0.3, 0.4) is 0 Å². The first-order valence-electron chi connectivity index (χ1n) is 9.45. The van der Waals surface area contributed by atoms with Gasteiger partial charge in [-0.1, -0.05) is 0 Å². The number of ether oxygens (including phenoxy) is 2. The molecule has 2 aromatic rings. The normalized spacial score (nSPS) is 21.3. The van der Waals surface area contributed by atoms with E-state index in [1.165, 1.54) is 11.4 Å². The average molecular weight is 354 g/mol. The summed E-state index contributed by atoms with van der Waals surface area (Å²) >= 11 is 0. The molecule has 5 nitrogen and oxygen atoms in total. The van der Waals surface area contributed by atoms with Crippen molar-refractivity contribution in [1.82, 2.24) is 9.47 Å². The molecular formula is C21H26N2O3. The van der Waals surface area contributed by atoms with Crippen molar-refractivity contribution in [3.05, 3.63) is 53.3 Å². The van der Waals surface area contributed by atoms with Gasteiger partial charge in [0.2, 0.25) is 0 Å². The van der Waals surface area contributed by atoms with Crippen LogP contribution in [-0.2, 0) is 9.47 Å². The van der Waals surface area contributed by atoms with Gasteiger partial charge in [0, 0.05) is 29.2 Å². The minimum Gasteiger partial charge on any atom is -0.348 e. The molecule has 0 saturated carbocycles. The maximum Gasteiger partial charge on any atom is 0.254 e. The van der Waals surface area contributed by atoms with Gasteiger partial charge in [-0.05, 0) is 69.5 Å². The minimum atomic E-state index is -0.274. The molecule has 1 aromatic heterocycles. The lowest BCUT2D eigenvalue weighted by molar-refractivity contribution is -0.100. The van der Waals surface area contributed by atoms with Crippen molar-refractivity contribution in [2.75, 3.05) is 19.8 Å². The Morgan fingerprint density at radius 2 is 1.62 bits per heavy atom. The Kier molecular flexibility index (Phi) is 4.83. The molecule has 2 fully saturated rings. The predicted octanol–water partition coefficient (Wildman–Crippen LogP) is 3.46. The Balaban J connectivity index is 1.55. The third-order valence-corrected chi connectivity index (χ3v) is 5.42. The molecule has 2 aliphatic rings. The van der Waals surface area contributed by atoms with Crippen LogP contribution in [0.4, 0.5) is 0 Å². The number of piperidine rings is 1. The Morgan fingerprint density at radius 1 is 0.962 bits per heavy atom.